The second-order valence-electron chi connectivity index (χ2n) is 8.95. The molecule has 1 N–H and O–H groups in total. The molecule has 1 aromatic heterocycles. The zero-order chi connectivity index (χ0) is 26.6. The molecule has 37 heavy (non-hydrogen) atoms. The number of pyridine rings is 1. The standard InChI is InChI=1S/C27H23ClFNO7/c1-12-9-16-20(15(10-17(30-16)26(33)36-4)13-5-7-14(29)8-6-13)24(31)27(12)25(32)21-18(34-2)11-19(35-3)22(28)23(21)37-27/h5-8,10-12,24,31H,9H2,1-4H3. The van der Waals surface area contributed by atoms with Crippen LogP contribution in [0.2, 0.25) is 5.02 Å². The number of carbonyl (C=O) groups is 2. The highest BCUT2D eigenvalue weighted by Crippen LogP contribution is 2.57. The number of esters is 1. The predicted molar refractivity (Wildman–Crippen MR) is 131 cm³/mol. The van der Waals surface area contributed by atoms with Gasteiger partial charge in [-0.25, -0.2) is 14.2 Å². The summed E-state index contributed by atoms with van der Waals surface area (Å²) in [6, 6.07) is 8.49. The smallest absolute Gasteiger partial charge is 0.356 e. The molecule has 3 aromatic rings. The number of nitrogens with zero attached hydrogens (tertiary/aromatic N) is 1. The van der Waals surface area contributed by atoms with Crippen LogP contribution in [0.5, 0.6) is 17.2 Å². The zero-order valence-electron chi connectivity index (χ0n) is 20.4. The van der Waals surface area contributed by atoms with Gasteiger partial charge in [-0.1, -0.05) is 30.7 Å². The average molecular weight is 528 g/mol. The molecule has 2 aromatic carbocycles. The van der Waals surface area contributed by atoms with E-state index in [-0.39, 0.29) is 39.9 Å². The quantitative estimate of drug-likeness (QED) is 0.492. The molecule has 0 fully saturated rings. The topological polar surface area (TPSA) is 104 Å². The predicted octanol–water partition coefficient (Wildman–Crippen LogP) is 4.58. The molecule has 3 atom stereocenters. The van der Waals surface area contributed by atoms with E-state index in [4.69, 9.17) is 30.5 Å². The van der Waals surface area contributed by atoms with Crippen LogP contribution in [0.3, 0.4) is 0 Å². The van der Waals surface area contributed by atoms with Crippen molar-refractivity contribution in [2.24, 2.45) is 5.92 Å². The molecule has 1 spiro atoms. The van der Waals surface area contributed by atoms with Crippen LogP contribution < -0.4 is 14.2 Å². The Balaban J connectivity index is 1.74. The Bertz CT molecular complexity index is 1440. The number of ketones is 1. The Kier molecular flexibility index (Phi) is 6.08. The first-order valence-electron chi connectivity index (χ1n) is 11.4. The van der Waals surface area contributed by atoms with E-state index in [0.717, 1.165) is 0 Å². The van der Waals surface area contributed by atoms with E-state index in [1.54, 1.807) is 6.92 Å². The number of aromatic nitrogens is 1. The summed E-state index contributed by atoms with van der Waals surface area (Å²) in [5.41, 5.74) is -0.0442. The van der Waals surface area contributed by atoms with Gasteiger partial charge in [0.2, 0.25) is 11.4 Å². The number of carbonyl (C=O) groups excluding carboxylic acids is 2. The monoisotopic (exact) mass is 527 g/mol. The van der Waals surface area contributed by atoms with Gasteiger partial charge in [0.25, 0.3) is 0 Å². The average Bonchev–Trinajstić information content (AvgIpc) is 3.21. The van der Waals surface area contributed by atoms with Gasteiger partial charge in [0.1, 0.15) is 39.7 Å². The van der Waals surface area contributed by atoms with E-state index >= 15 is 0 Å². The number of hydrogen-bond donors (Lipinski definition) is 1. The first kappa shape index (κ1) is 25.0. The van der Waals surface area contributed by atoms with Crippen molar-refractivity contribution in [3.63, 3.8) is 0 Å². The first-order valence-corrected chi connectivity index (χ1v) is 11.8. The third-order valence-electron chi connectivity index (χ3n) is 7.04. The lowest BCUT2D eigenvalue weighted by Gasteiger charge is -2.42. The molecule has 2 heterocycles. The van der Waals surface area contributed by atoms with Crippen molar-refractivity contribution in [2.75, 3.05) is 21.3 Å². The van der Waals surface area contributed by atoms with E-state index in [1.165, 1.54) is 57.7 Å². The number of aliphatic hydroxyl groups excluding tert-OH is 1. The minimum absolute atomic E-state index is 0.0207. The third kappa shape index (κ3) is 3.56. The lowest BCUT2D eigenvalue weighted by atomic mass is 9.68. The van der Waals surface area contributed by atoms with Crippen LogP contribution in [0.1, 0.15) is 45.1 Å². The van der Waals surface area contributed by atoms with Gasteiger partial charge < -0.3 is 24.1 Å². The number of halogens is 2. The fourth-order valence-electron chi connectivity index (χ4n) is 5.19. The van der Waals surface area contributed by atoms with E-state index < -0.39 is 35.2 Å². The summed E-state index contributed by atoms with van der Waals surface area (Å²) in [5.74, 6) is -1.72. The maximum Gasteiger partial charge on any atom is 0.356 e. The maximum atomic E-state index is 14.0. The van der Waals surface area contributed by atoms with Crippen LogP contribution in [-0.2, 0) is 11.2 Å². The number of aliphatic hydroxyl groups is 1. The second-order valence-corrected chi connectivity index (χ2v) is 9.32. The highest BCUT2D eigenvalue weighted by molar-refractivity contribution is 6.35. The molecule has 0 saturated heterocycles. The van der Waals surface area contributed by atoms with Gasteiger partial charge in [-0.05, 0) is 35.7 Å². The van der Waals surface area contributed by atoms with Crippen molar-refractivity contribution in [1.29, 1.82) is 0 Å². The van der Waals surface area contributed by atoms with E-state index in [9.17, 15) is 19.1 Å². The van der Waals surface area contributed by atoms with Gasteiger partial charge in [-0.15, -0.1) is 0 Å². The number of rotatable bonds is 4. The summed E-state index contributed by atoms with van der Waals surface area (Å²) in [7, 11) is 4.07. The van der Waals surface area contributed by atoms with Gasteiger partial charge in [0, 0.05) is 23.2 Å². The van der Waals surface area contributed by atoms with Gasteiger partial charge in [-0.2, -0.15) is 0 Å². The molecule has 0 bridgehead atoms. The number of fused-ring (bicyclic) bond motifs is 2. The van der Waals surface area contributed by atoms with Crippen LogP contribution in [0.4, 0.5) is 4.39 Å². The Labute approximate surface area is 216 Å². The Morgan fingerprint density at radius 2 is 1.84 bits per heavy atom. The first-order chi connectivity index (χ1) is 17.7. The van der Waals surface area contributed by atoms with E-state index in [2.05, 4.69) is 4.98 Å². The molecule has 3 unspecified atom stereocenters. The van der Waals surface area contributed by atoms with Crippen LogP contribution >= 0.6 is 11.6 Å². The van der Waals surface area contributed by atoms with E-state index in [1.807, 2.05) is 0 Å². The summed E-state index contributed by atoms with van der Waals surface area (Å²) in [5, 5.41) is 12.0. The molecule has 8 nitrogen and oxygen atoms in total. The lowest BCUT2D eigenvalue weighted by Crippen LogP contribution is -2.55. The number of ether oxygens (including phenoxy) is 4. The van der Waals surface area contributed by atoms with Crippen molar-refractivity contribution in [1.82, 2.24) is 4.98 Å². The number of benzene rings is 2. The van der Waals surface area contributed by atoms with Crippen LogP contribution in [0.25, 0.3) is 11.1 Å². The minimum atomic E-state index is -1.76. The largest absolute Gasteiger partial charge is 0.496 e. The molecule has 1 aliphatic carbocycles. The molecule has 0 saturated carbocycles. The highest BCUT2D eigenvalue weighted by atomic mass is 35.5. The number of Topliss-reactive ketones (excluding diaryl/α,β-unsaturated/α-hetero) is 1. The van der Waals surface area contributed by atoms with Crippen molar-refractivity contribution >= 4 is 23.4 Å². The maximum absolute atomic E-state index is 14.0. The molecule has 5 rings (SSSR count). The molecular formula is C27H23ClFNO7. The van der Waals surface area contributed by atoms with Gasteiger partial charge in [0.05, 0.1) is 21.3 Å². The van der Waals surface area contributed by atoms with E-state index in [0.29, 0.717) is 22.4 Å². The number of hydrogen-bond acceptors (Lipinski definition) is 8. The van der Waals surface area contributed by atoms with Gasteiger partial charge in [0.15, 0.2) is 5.75 Å². The van der Waals surface area contributed by atoms with Gasteiger partial charge in [-0.3, -0.25) is 4.79 Å². The second kappa shape index (κ2) is 9.00. The molecule has 2 aliphatic rings. The van der Waals surface area contributed by atoms with Crippen LogP contribution in [0.15, 0.2) is 36.4 Å². The molecule has 192 valence electrons. The normalized spacial score (nSPS) is 21.8. The fraction of sp³-hybridized carbons (Fsp3) is 0.296. The van der Waals surface area contributed by atoms with Crippen LogP contribution in [-0.4, -0.2) is 48.8 Å². The molecular weight excluding hydrogens is 505 g/mol. The van der Waals surface area contributed by atoms with Crippen molar-refractivity contribution in [3.05, 3.63) is 69.8 Å². The third-order valence-corrected chi connectivity index (χ3v) is 7.40. The summed E-state index contributed by atoms with van der Waals surface area (Å²) >= 11 is 6.52. The summed E-state index contributed by atoms with van der Waals surface area (Å²) in [4.78, 5) is 30.9. The minimum Gasteiger partial charge on any atom is -0.496 e. The fourth-order valence-corrected chi connectivity index (χ4v) is 5.46. The van der Waals surface area contributed by atoms with Gasteiger partial charge >= 0.3 is 5.97 Å². The molecule has 0 radical (unpaired) electrons. The Morgan fingerprint density at radius 1 is 1.16 bits per heavy atom. The Morgan fingerprint density at radius 3 is 2.46 bits per heavy atom. The van der Waals surface area contributed by atoms with Crippen molar-refractivity contribution in [2.45, 2.75) is 25.0 Å². The molecule has 10 heteroatoms. The Hall–Kier alpha value is -3.69. The summed E-state index contributed by atoms with van der Waals surface area (Å²) in [6.07, 6.45) is -1.33. The summed E-state index contributed by atoms with van der Waals surface area (Å²) < 4.78 is 35.6. The van der Waals surface area contributed by atoms with Crippen LogP contribution in [0, 0.1) is 11.7 Å². The SMILES string of the molecule is COC(=O)c1cc(-c2ccc(F)cc2)c2c(n1)CC(C)C1(Oc3c(Cl)c(OC)cc(OC)c3C1=O)C2O. The highest BCUT2D eigenvalue weighted by Gasteiger charge is 2.62. The summed E-state index contributed by atoms with van der Waals surface area (Å²) in [6.45, 7) is 1.75. The van der Waals surface area contributed by atoms with Crippen molar-refractivity contribution in [3.8, 4) is 28.4 Å². The number of methoxy groups -OCH3 is 3. The van der Waals surface area contributed by atoms with Crippen molar-refractivity contribution < 1.29 is 38.0 Å². The molecule has 0 amide bonds. The molecule has 1 aliphatic heterocycles. The lowest BCUT2D eigenvalue weighted by molar-refractivity contribution is -0.0639. The zero-order valence-corrected chi connectivity index (χ0v) is 21.2.